The number of hydrogen-bond acceptors (Lipinski definition) is 2. The van der Waals surface area contributed by atoms with Crippen LogP contribution in [0.15, 0.2) is 24.3 Å². The minimum atomic E-state index is -0.0370. The lowest BCUT2D eigenvalue weighted by atomic mass is 9.97. The van der Waals surface area contributed by atoms with E-state index in [1.54, 1.807) is 0 Å². The maximum absolute atomic E-state index is 10.9. The minimum absolute atomic E-state index is 0.0370. The van der Waals surface area contributed by atoms with Gasteiger partial charge in [-0.1, -0.05) is 19.1 Å². The number of hydrogen-bond donors (Lipinski definition) is 1. The normalized spacial score (nSPS) is 22.9. The number of epoxide rings is 1. The molecule has 86 valence electrons. The highest BCUT2D eigenvalue weighted by Gasteiger charge is 2.42. The predicted molar refractivity (Wildman–Crippen MR) is 63.4 cm³/mol. The molecule has 2 rings (SSSR count). The molecule has 1 atom stereocenters. The minimum Gasteiger partial charge on any atom is -0.369 e. The summed E-state index contributed by atoms with van der Waals surface area (Å²) < 4.78 is 5.48. The number of anilines is 1. The van der Waals surface area contributed by atoms with E-state index in [2.05, 4.69) is 18.3 Å². The van der Waals surface area contributed by atoms with Crippen LogP contribution in [0.1, 0.15) is 25.8 Å². The van der Waals surface area contributed by atoms with Crippen molar-refractivity contribution >= 4 is 11.6 Å². The second kappa shape index (κ2) is 4.26. The van der Waals surface area contributed by atoms with E-state index in [1.165, 1.54) is 12.5 Å². The molecule has 1 saturated heterocycles. The van der Waals surface area contributed by atoms with Crippen LogP contribution in [0, 0.1) is 0 Å². The molecule has 1 unspecified atom stereocenters. The molecule has 0 aliphatic carbocycles. The first-order valence-electron chi connectivity index (χ1n) is 5.64. The standard InChI is InChI=1S/C13H17NO2/c1-3-13(9-16-13)8-11-5-4-6-12(7-11)14-10(2)15/h4-7H,3,8-9H2,1-2H3,(H,14,15). The summed E-state index contributed by atoms with van der Waals surface area (Å²) >= 11 is 0. The van der Waals surface area contributed by atoms with Gasteiger partial charge in [0.05, 0.1) is 12.2 Å². The van der Waals surface area contributed by atoms with Gasteiger partial charge in [-0.15, -0.1) is 0 Å². The monoisotopic (exact) mass is 219 g/mol. The Hall–Kier alpha value is -1.35. The first-order chi connectivity index (χ1) is 7.63. The van der Waals surface area contributed by atoms with E-state index in [4.69, 9.17) is 4.74 Å². The number of ether oxygens (including phenoxy) is 1. The van der Waals surface area contributed by atoms with Gasteiger partial charge in [-0.25, -0.2) is 0 Å². The number of nitrogens with one attached hydrogen (secondary N) is 1. The lowest BCUT2D eigenvalue weighted by Crippen LogP contribution is -2.13. The zero-order valence-electron chi connectivity index (χ0n) is 9.75. The lowest BCUT2D eigenvalue weighted by molar-refractivity contribution is -0.114. The summed E-state index contributed by atoms with van der Waals surface area (Å²) in [4.78, 5) is 10.9. The van der Waals surface area contributed by atoms with Gasteiger partial charge in [0.1, 0.15) is 0 Å². The van der Waals surface area contributed by atoms with Crippen LogP contribution in [-0.4, -0.2) is 18.1 Å². The summed E-state index contributed by atoms with van der Waals surface area (Å²) in [6.45, 7) is 4.52. The van der Waals surface area contributed by atoms with Gasteiger partial charge < -0.3 is 10.1 Å². The van der Waals surface area contributed by atoms with Crippen molar-refractivity contribution in [1.29, 1.82) is 0 Å². The van der Waals surface area contributed by atoms with Gasteiger partial charge in [-0.05, 0) is 24.1 Å². The van der Waals surface area contributed by atoms with Crippen molar-refractivity contribution in [2.75, 3.05) is 11.9 Å². The molecule has 1 N–H and O–H groups in total. The first kappa shape index (κ1) is 11.1. The lowest BCUT2D eigenvalue weighted by Gasteiger charge is -2.10. The van der Waals surface area contributed by atoms with E-state index in [1.807, 2.05) is 18.2 Å². The molecule has 0 radical (unpaired) electrons. The highest BCUT2D eigenvalue weighted by Crippen LogP contribution is 2.34. The van der Waals surface area contributed by atoms with E-state index in [0.717, 1.165) is 25.1 Å². The van der Waals surface area contributed by atoms with Crippen LogP contribution in [0.25, 0.3) is 0 Å². The van der Waals surface area contributed by atoms with Crippen LogP contribution < -0.4 is 5.32 Å². The van der Waals surface area contributed by atoms with Crippen LogP contribution >= 0.6 is 0 Å². The largest absolute Gasteiger partial charge is 0.369 e. The second-order valence-electron chi connectivity index (χ2n) is 4.38. The van der Waals surface area contributed by atoms with Gasteiger partial charge in [0, 0.05) is 19.0 Å². The highest BCUT2D eigenvalue weighted by molar-refractivity contribution is 5.88. The van der Waals surface area contributed by atoms with Gasteiger partial charge in [0.2, 0.25) is 5.91 Å². The molecule has 1 fully saturated rings. The van der Waals surface area contributed by atoms with Crippen molar-refractivity contribution < 1.29 is 9.53 Å². The Kier molecular flexibility index (Phi) is 2.97. The maximum atomic E-state index is 10.9. The fourth-order valence-corrected chi connectivity index (χ4v) is 1.87. The zero-order valence-corrected chi connectivity index (χ0v) is 9.75. The summed E-state index contributed by atoms with van der Waals surface area (Å²) in [5.41, 5.74) is 2.14. The van der Waals surface area contributed by atoms with Crippen LogP contribution in [0.3, 0.4) is 0 Å². The molecular formula is C13H17NO2. The smallest absolute Gasteiger partial charge is 0.221 e. The molecule has 1 aromatic carbocycles. The number of carbonyl (C=O) groups excluding carboxylic acids is 1. The molecule has 1 aliphatic rings. The van der Waals surface area contributed by atoms with Gasteiger partial charge in [0.15, 0.2) is 0 Å². The topological polar surface area (TPSA) is 41.6 Å². The average Bonchev–Trinajstić information content (AvgIpc) is 2.98. The van der Waals surface area contributed by atoms with Gasteiger partial charge in [-0.3, -0.25) is 4.79 Å². The third-order valence-corrected chi connectivity index (χ3v) is 2.97. The third-order valence-electron chi connectivity index (χ3n) is 2.97. The van der Waals surface area contributed by atoms with E-state index in [-0.39, 0.29) is 11.5 Å². The molecule has 0 bridgehead atoms. The Morgan fingerprint density at radius 1 is 1.56 bits per heavy atom. The van der Waals surface area contributed by atoms with E-state index >= 15 is 0 Å². The van der Waals surface area contributed by atoms with Crippen molar-refractivity contribution in [3.8, 4) is 0 Å². The van der Waals surface area contributed by atoms with Crippen LogP contribution in [0.5, 0.6) is 0 Å². The van der Waals surface area contributed by atoms with E-state index < -0.39 is 0 Å². The fourth-order valence-electron chi connectivity index (χ4n) is 1.87. The van der Waals surface area contributed by atoms with Crippen LogP contribution in [0.4, 0.5) is 5.69 Å². The number of benzene rings is 1. The third kappa shape index (κ3) is 2.61. The molecule has 3 nitrogen and oxygen atoms in total. The van der Waals surface area contributed by atoms with Gasteiger partial charge in [-0.2, -0.15) is 0 Å². The van der Waals surface area contributed by atoms with Crippen molar-refractivity contribution in [3.05, 3.63) is 29.8 Å². The maximum Gasteiger partial charge on any atom is 0.221 e. The molecular weight excluding hydrogens is 202 g/mol. The van der Waals surface area contributed by atoms with Crippen molar-refractivity contribution in [2.24, 2.45) is 0 Å². The SMILES string of the molecule is CCC1(Cc2cccc(NC(C)=O)c2)CO1. The van der Waals surface area contributed by atoms with Crippen LogP contribution in [0.2, 0.25) is 0 Å². The zero-order chi connectivity index (χ0) is 11.6. The molecule has 0 aromatic heterocycles. The van der Waals surface area contributed by atoms with Crippen molar-refractivity contribution in [3.63, 3.8) is 0 Å². The number of rotatable bonds is 4. The van der Waals surface area contributed by atoms with E-state index in [9.17, 15) is 4.79 Å². The number of amides is 1. The summed E-state index contributed by atoms with van der Waals surface area (Å²) in [7, 11) is 0. The molecule has 1 aromatic rings. The van der Waals surface area contributed by atoms with Crippen molar-refractivity contribution in [2.45, 2.75) is 32.3 Å². The number of carbonyl (C=O) groups is 1. The molecule has 0 saturated carbocycles. The summed E-state index contributed by atoms with van der Waals surface area (Å²) in [5.74, 6) is -0.0370. The molecule has 1 aliphatic heterocycles. The quantitative estimate of drug-likeness (QED) is 0.790. The first-order valence-corrected chi connectivity index (χ1v) is 5.64. The average molecular weight is 219 g/mol. The van der Waals surface area contributed by atoms with Crippen molar-refractivity contribution in [1.82, 2.24) is 0 Å². The predicted octanol–water partition coefficient (Wildman–Crippen LogP) is 2.37. The summed E-state index contributed by atoms with van der Waals surface area (Å²) in [5, 5.41) is 2.79. The molecule has 0 spiro atoms. The second-order valence-corrected chi connectivity index (χ2v) is 4.38. The van der Waals surface area contributed by atoms with E-state index in [0.29, 0.717) is 0 Å². The Labute approximate surface area is 95.8 Å². The summed E-state index contributed by atoms with van der Waals surface area (Å²) in [6, 6.07) is 7.95. The van der Waals surface area contributed by atoms with Gasteiger partial charge >= 0.3 is 0 Å². The highest BCUT2D eigenvalue weighted by atomic mass is 16.6. The Morgan fingerprint density at radius 3 is 2.88 bits per heavy atom. The Morgan fingerprint density at radius 2 is 2.31 bits per heavy atom. The fraction of sp³-hybridized carbons (Fsp3) is 0.462. The molecule has 16 heavy (non-hydrogen) atoms. The molecule has 3 heteroatoms. The van der Waals surface area contributed by atoms with Crippen LogP contribution in [-0.2, 0) is 16.0 Å². The Bertz CT molecular complexity index is 397. The Balaban J connectivity index is 2.07. The molecule has 1 heterocycles. The summed E-state index contributed by atoms with van der Waals surface area (Å²) in [6.07, 6.45) is 1.97. The van der Waals surface area contributed by atoms with Gasteiger partial charge in [0.25, 0.3) is 0 Å². The molecule has 1 amide bonds.